The number of hydrogen-bond donors (Lipinski definition) is 1. The molecule has 4 rings (SSSR count). The van der Waals surface area contributed by atoms with Gasteiger partial charge in [0.05, 0.1) is 10.5 Å². The van der Waals surface area contributed by atoms with Gasteiger partial charge in [-0.2, -0.15) is 4.31 Å². The quantitative estimate of drug-likeness (QED) is 0.503. The highest BCUT2D eigenvalue weighted by molar-refractivity contribution is 7.89. The third-order valence-electron chi connectivity index (χ3n) is 5.45. The zero-order valence-corrected chi connectivity index (χ0v) is 18.4. The molecule has 0 saturated heterocycles. The van der Waals surface area contributed by atoms with Crippen LogP contribution in [0.15, 0.2) is 76.6 Å². The fourth-order valence-electron chi connectivity index (χ4n) is 3.52. The normalized spacial score (nSPS) is 13.0. The Bertz CT molecular complexity index is 1370. The number of aryl methyl sites for hydroxylation is 1. The summed E-state index contributed by atoms with van der Waals surface area (Å²) in [4.78, 5) is 17.4. The predicted octanol–water partition coefficient (Wildman–Crippen LogP) is 3.25. The fourth-order valence-corrected chi connectivity index (χ4v) is 4.88. The van der Waals surface area contributed by atoms with E-state index in [2.05, 4.69) is 10.1 Å². The molecule has 4 aromatic rings. The molecule has 31 heavy (non-hydrogen) atoms. The van der Waals surface area contributed by atoms with Gasteiger partial charge in [-0.25, -0.2) is 17.9 Å². The van der Waals surface area contributed by atoms with E-state index >= 15 is 0 Å². The summed E-state index contributed by atoms with van der Waals surface area (Å²) >= 11 is 0. The number of aromatic nitrogens is 3. The number of likely N-dealkylation sites (N-methyl/N-ethyl adjacent to an activating group) is 1. The summed E-state index contributed by atoms with van der Waals surface area (Å²) in [5.41, 5.74) is 3.28. The second-order valence-electron chi connectivity index (χ2n) is 7.68. The molecule has 1 N–H and O–H groups in total. The molecule has 0 spiro atoms. The Morgan fingerprint density at radius 1 is 1.06 bits per heavy atom. The van der Waals surface area contributed by atoms with Crippen molar-refractivity contribution in [3.63, 3.8) is 0 Å². The van der Waals surface area contributed by atoms with E-state index < -0.39 is 10.0 Å². The van der Waals surface area contributed by atoms with Gasteiger partial charge in [-0.3, -0.25) is 9.89 Å². The first-order valence-corrected chi connectivity index (χ1v) is 11.4. The Labute approximate surface area is 181 Å². The fraction of sp³-hybridized carbons (Fsp3) is 0.217. The summed E-state index contributed by atoms with van der Waals surface area (Å²) in [6, 6.07) is 17.6. The molecular formula is C23H24N4O3S. The molecule has 0 aliphatic carbocycles. The summed E-state index contributed by atoms with van der Waals surface area (Å²) in [6.45, 7) is 3.76. The first-order valence-electron chi connectivity index (χ1n) is 9.98. The van der Waals surface area contributed by atoms with Gasteiger partial charge in [0.2, 0.25) is 10.0 Å². The molecular weight excluding hydrogens is 412 g/mol. The molecule has 0 aliphatic heterocycles. The van der Waals surface area contributed by atoms with Crippen molar-refractivity contribution in [1.82, 2.24) is 18.9 Å². The second-order valence-corrected chi connectivity index (χ2v) is 9.68. The molecule has 0 radical (unpaired) electrons. The summed E-state index contributed by atoms with van der Waals surface area (Å²) in [5.74, 6) is 0. The molecule has 8 heteroatoms. The summed E-state index contributed by atoms with van der Waals surface area (Å²) in [7, 11) is -2.04. The minimum atomic E-state index is -3.62. The van der Waals surface area contributed by atoms with E-state index in [0.717, 1.165) is 11.1 Å². The lowest BCUT2D eigenvalue weighted by Gasteiger charge is -2.24. The van der Waals surface area contributed by atoms with Gasteiger partial charge in [0.1, 0.15) is 0 Å². The van der Waals surface area contributed by atoms with Crippen molar-refractivity contribution in [2.75, 3.05) is 7.05 Å². The smallest absolute Gasteiger partial charge is 0.267 e. The van der Waals surface area contributed by atoms with Gasteiger partial charge < -0.3 is 0 Å². The van der Waals surface area contributed by atoms with E-state index in [0.29, 0.717) is 23.3 Å². The summed E-state index contributed by atoms with van der Waals surface area (Å²) < 4.78 is 28.9. The number of H-pyrrole nitrogens is 1. The maximum Gasteiger partial charge on any atom is 0.274 e. The van der Waals surface area contributed by atoms with Crippen LogP contribution in [0.1, 0.15) is 18.2 Å². The number of aromatic amines is 1. The standard InChI is InChI=1S/C23H24N4O3S/c1-16-9-11-20(12-10-16)31(29,30)26(3)17(2)15-19-13-14-27-22(24-19)21(23(28)25-27)18-7-5-4-6-8-18/h4-14,17H,15H2,1-3H3,(H,25,28). The van der Waals surface area contributed by atoms with Crippen molar-refractivity contribution in [2.45, 2.75) is 31.2 Å². The molecule has 160 valence electrons. The van der Waals surface area contributed by atoms with Crippen LogP contribution in [0, 0.1) is 6.92 Å². The van der Waals surface area contributed by atoms with E-state index in [-0.39, 0.29) is 16.5 Å². The summed E-state index contributed by atoms with van der Waals surface area (Å²) in [5, 5.41) is 2.77. The number of hydrogen-bond acceptors (Lipinski definition) is 4. The molecule has 0 saturated carbocycles. The molecule has 0 bridgehead atoms. The minimum Gasteiger partial charge on any atom is -0.267 e. The minimum absolute atomic E-state index is 0.219. The van der Waals surface area contributed by atoms with Crippen LogP contribution in [0.5, 0.6) is 0 Å². The van der Waals surface area contributed by atoms with E-state index in [1.54, 1.807) is 48.1 Å². The Hall–Kier alpha value is -3.23. The average molecular weight is 437 g/mol. The van der Waals surface area contributed by atoms with Gasteiger partial charge in [0, 0.05) is 31.4 Å². The predicted molar refractivity (Wildman–Crippen MR) is 121 cm³/mol. The van der Waals surface area contributed by atoms with Gasteiger partial charge in [0.25, 0.3) is 5.56 Å². The Morgan fingerprint density at radius 2 is 1.74 bits per heavy atom. The molecule has 2 aromatic carbocycles. The maximum atomic E-state index is 13.0. The van der Waals surface area contributed by atoms with Crippen molar-refractivity contribution < 1.29 is 8.42 Å². The first kappa shape index (κ1) is 21.0. The topological polar surface area (TPSA) is 87.5 Å². The molecule has 0 aliphatic rings. The zero-order chi connectivity index (χ0) is 22.2. The number of nitrogens with zero attached hydrogens (tertiary/aromatic N) is 3. The molecule has 7 nitrogen and oxygen atoms in total. The Kier molecular flexibility index (Phi) is 5.51. The van der Waals surface area contributed by atoms with Crippen molar-refractivity contribution in [3.05, 3.63) is 88.5 Å². The van der Waals surface area contributed by atoms with Crippen LogP contribution in [0.4, 0.5) is 0 Å². The number of rotatable bonds is 6. The lowest BCUT2D eigenvalue weighted by atomic mass is 10.1. The van der Waals surface area contributed by atoms with Crippen LogP contribution in [0.25, 0.3) is 16.8 Å². The van der Waals surface area contributed by atoms with Crippen molar-refractivity contribution in [2.24, 2.45) is 0 Å². The Morgan fingerprint density at radius 3 is 2.42 bits per heavy atom. The van der Waals surface area contributed by atoms with E-state index in [9.17, 15) is 13.2 Å². The van der Waals surface area contributed by atoms with Gasteiger partial charge in [-0.15, -0.1) is 0 Å². The first-order chi connectivity index (χ1) is 14.8. The molecule has 0 amide bonds. The number of fused-ring (bicyclic) bond motifs is 1. The largest absolute Gasteiger partial charge is 0.274 e. The Balaban J connectivity index is 1.64. The number of benzene rings is 2. The van der Waals surface area contributed by atoms with Crippen LogP contribution in [-0.4, -0.2) is 40.4 Å². The third kappa shape index (κ3) is 4.04. The maximum absolute atomic E-state index is 13.0. The SMILES string of the molecule is Cc1ccc(S(=O)(=O)N(C)C(C)Cc2ccn3[nH]c(=O)c(-c4ccccc4)c3n2)cc1. The highest BCUT2D eigenvalue weighted by Gasteiger charge is 2.26. The van der Waals surface area contributed by atoms with Gasteiger partial charge in [0.15, 0.2) is 5.65 Å². The number of nitrogens with one attached hydrogen (secondary N) is 1. The monoisotopic (exact) mass is 436 g/mol. The average Bonchev–Trinajstić information content (AvgIpc) is 3.09. The van der Waals surface area contributed by atoms with Crippen LogP contribution < -0.4 is 5.56 Å². The molecule has 1 atom stereocenters. The van der Waals surface area contributed by atoms with Gasteiger partial charge in [-0.05, 0) is 37.6 Å². The molecule has 0 fully saturated rings. The third-order valence-corrected chi connectivity index (χ3v) is 7.44. The highest BCUT2D eigenvalue weighted by atomic mass is 32.2. The van der Waals surface area contributed by atoms with Crippen LogP contribution in [0.2, 0.25) is 0 Å². The van der Waals surface area contributed by atoms with Crippen molar-refractivity contribution in [3.8, 4) is 11.1 Å². The van der Waals surface area contributed by atoms with Crippen molar-refractivity contribution >= 4 is 15.7 Å². The highest BCUT2D eigenvalue weighted by Crippen LogP contribution is 2.21. The lowest BCUT2D eigenvalue weighted by Crippen LogP contribution is -2.36. The number of sulfonamides is 1. The van der Waals surface area contributed by atoms with Crippen LogP contribution >= 0.6 is 0 Å². The van der Waals surface area contributed by atoms with E-state index in [1.807, 2.05) is 44.2 Å². The molecule has 1 unspecified atom stereocenters. The zero-order valence-electron chi connectivity index (χ0n) is 17.6. The van der Waals surface area contributed by atoms with Crippen molar-refractivity contribution in [1.29, 1.82) is 0 Å². The van der Waals surface area contributed by atoms with Gasteiger partial charge >= 0.3 is 0 Å². The summed E-state index contributed by atoms with van der Waals surface area (Å²) in [6.07, 6.45) is 2.15. The molecule has 2 heterocycles. The van der Waals surface area contributed by atoms with Crippen LogP contribution in [0.3, 0.4) is 0 Å². The van der Waals surface area contributed by atoms with E-state index in [4.69, 9.17) is 0 Å². The van der Waals surface area contributed by atoms with Gasteiger partial charge in [-0.1, -0.05) is 48.0 Å². The second kappa shape index (κ2) is 8.13. The molecule has 2 aromatic heterocycles. The van der Waals surface area contributed by atoms with E-state index in [1.165, 1.54) is 4.31 Å². The lowest BCUT2D eigenvalue weighted by molar-refractivity contribution is 0.385. The van der Waals surface area contributed by atoms with Crippen LogP contribution in [-0.2, 0) is 16.4 Å².